The summed E-state index contributed by atoms with van der Waals surface area (Å²) in [4.78, 5) is 3.42. The molecule has 0 spiro atoms. The first kappa shape index (κ1) is 6.67. The summed E-state index contributed by atoms with van der Waals surface area (Å²) in [5, 5.41) is 0. The smallest absolute Gasteiger partial charge is 0.226 e. The van der Waals surface area contributed by atoms with Crippen molar-refractivity contribution in [2.24, 2.45) is 19.7 Å². The van der Waals surface area contributed by atoms with Crippen molar-refractivity contribution < 1.29 is 0 Å². The number of guanidine groups is 1. The molecule has 40 valence electrons. The Morgan fingerprint density at radius 1 is 1.71 bits per heavy atom. The molecule has 0 bridgehead atoms. The molecular weight excluding hydrogens is 207 g/mol. The van der Waals surface area contributed by atoms with E-state index >= 15 is 0 Å². The average molecular weight is 212 g/mol. The van der Waals surface area contributed by atoms with Gasteiger partial charge >= 0.3 is 0 Å². The van der Waals surface area contributed by atoms with Crippen LogP contribution in [-0.4, -0.2) is 12.3 Å². The van der Waals surface area contributed by atoms with Gasteiger partial charge in [-0.3, -0.25) is 0 Å². The number of aliphatic imine (C=N–C) groups is 1. The molecule has 0 radical (unpaired) electrons. The molecule has 0 aromatic rings. The van der Waals surface area contributed by atoms with Crippen molar-refractivity contribution >= 4 is 35.2 Å². The molecule has 7 heavy (non-hydrogen) atoms. The lowest BCUT2D eigenvalue weighted by Crippen LogP contribution is -2.08. The Kier molecular flexibility index (Phi) is 3.67. The van der Waals surface area contributed by atoms with E-state index in [0.29, 0.717) is 0 Å². The predicted molar refractivity (Wildman–Crippen MR) is 38.3 cm³/mol. The lowest BCUT2D eigenvalue weighted by molar-refractivity contribution is 1.53. The summed E-state index contributed by atoms with van der Waals surface area (Å²) >= 11 is 1.73. The molecule has 0 saturated heterocycles. The van der Waals surface area contributed by atoms with Gasteiger partial charge in [0.25, 0.3) is 0 Å². The van der Waals surface area contributed by atoms with Crippen molar-refractivity contribution in [1.29, 1.82) is 0 Å². The Hall–Kier alpha value is -0.330. The maximum atomic E-state index is 5.05. The van der Waals surface area contributed by atoms with Crippen LogP contribution in [-0.2, 0) is 0 Å². The topological polar surface area (TPSA) is 76.8 Å². The van der Waals surface area contributed by atoms with E-state index in [2.05, 4.69) is 8.20 Å². The first-order chi connectivity index (χ1) is 3.31. The van der Waals surface area contributed by atoms with Crippen molar-refractivity contribution in [3.63, 3.8) is 0 Å². The highest BCUT2D eigenvalue weighted by Crippen LogP contribution is 1.80. The predicted octanol–water partition coefficient (Wildman–Crippen LogP) is -0.362. The van der Waals surface area contributed by atoms with Crippen LogP contribution in [0.1, 0.15) is 0 Å². The number of hydrogen-bond acceptors (Lipinski definition) is 1. The molecule has 0 heterocycles. The zero-order chi connectivity index (χ0) is 5.70. The van der Waals surface area contributed by atoms with Gasteiger partial charge in [0.1, 0.15) is 0 Å². The van der Waals surface area contributed by atoms with Gasteiger partial charge < -0.3 is 11.5 Å². The first-order valence-corrected chi connectivity index (χ1v) is 2.46. The first-order valence-electron chi connectivity index (χ1n) is 1.50. The van der Waals surface area contributed by atoms with Crippen LogP contribution in [0.5, 0.6) is 0 Å². The second kappa shape index (κ2) is 3.85. The number of nitrogens with two attached hydrogens (primary N) is 2. The van der Waals surface area contributed by atoms with Gasteiger partial charge in [0.2, 0.25) is 5.96 Å². The van der Waals surface area contributed by atoms with Crippen LogP contribution < -0.4 is 11.5 Å². The van der Waals surface area contributed by atoms with E-state index in [4.69, 9.17) is 11.5 Å². The third kappa shape index (κ3) is 3.50. The molecule has 0 aliphatic rings. The highest BCUT2D eigenvalue weighted by molar-refractivity contribution is 14.1. The molecule has 0 atom stereocenters. The van der Waals surface area contributed by atoms with E-state index in [1.807, 2.05) is 0 Å². The highest BCUT2D eigenvalue weighted by atomic mass is 127. The molecule has 0 fully saturated rings. The van der Waals surface area contributed by atoms with Crippen LogP contribution in [0.2, 0.25) is 0 Å². The Morgan fingerprint density at radius 3 is 2.43 bits per heavy atom. The van der Waals surface area contributed by atoms with Gasteiger partial charge in [0, 0.05) is 0 Å². The quantitative estimate of drug-likeness (QED) is 0.326. The van der Waals surface area contributed by atoms with Crippen LogP contribution in [0.3, 0.4) is 0 Å². The van der Waals surface area contributed by atoms with Gasteiger partial charge in [-0.05, 0) is 0 Å². The van der Waals surface area contributed by atoms with Crippen LogP contribution >= 0.6 is 22.9 Å². The van der Waals surface area contributed by atoms with Gasteiger partial charge in [-0.2, -0.15) is 3.21 Å². The summed E-state index contributed by atoms with van der Waals surface area (Å²) in [5.41, 5.74) is 9.90. The molecule has 0 amide bonds. The van der Waals surface area contributed by atoms with Gasteiger partial charge in [-0.15, -0.1) is 0 Å². The Bertz CT molecular complexity index is 95.9. The van der Waals surface area contributed by atoms with Crippen molar-refractivity contribution in [2.75, 3.05) is 0 Å². The fraction of sp³-hybridized carbons (Fsp3) is 0. The van der Waals surface area contributed by atoms with Crippen molar-refractivity contribution in [1.82, 2.24) is 0 Å². The summed E-state index contributed by atoms with van der Waals surface area (Å²) in [7, 11) is 0. The summed E-state index contributed by atoms with van der Waals surface area (Å²) in [6.45, 7) is 0. The lowest BCUT2D eigenvalue weighted by Gasteiger charge is -1.79. The maximum Gasteiger partial charge on any atom is 0.226 e. The van der Waals surface area contributed by atoms with Crippen LogP contribution in [0.25, 0.3) is 0 Å². The van der Waals surface area contributed by atoms with E-state index < -0.39 is 0 Å². The molecule has 0 saturated carbocycles. The van der Waals surface area contributed by atoms with Crippen molar-refractivity contribution in [3.8, 4) is 0 Å². The number of rotatable bonds is 0. The van der Waals surface area contributed by atoms with Gasteiger partial charge in [-0.25, -0.2) is 4.99 Å². The molecule has 0 aromatic heterocycles. The largest absolute Gasteiger partial charge is 0.390 e. The molecule has 0 aliphatic carbocycles. The standard InChI is InChI=1S/C2H5IN4/c3-7-2(5)6-1-4/h1H,(H4,4,5,6,7). The minimum absolute atomic E-state index is 0.183. The maximum absolute atomic E-state index is 5.05. The van der Waals surface area contributed by atoms with E-state index in [1.54, 1.807) is 22.9 Å². The van der Waals surface area contributed by atoms with Crippen LogP contribution in [0.15, 0.2) is 8.20 Å². The zero-order valence-corrected chi connectivity index (χ0v) is 5.66. The SMILES string of the molecule is NC=NC(N)=NI. The van der Waals surface area contributed by atoms with Crippen LogP contribution in [0.4, 0.5) is 0 Å². The average Bonchev–Trinajstić information content (AvgIpc) is 1.68. The second-order valence-electron chi connectivity index (χ2n) is 0.721. The summed E-state index contributed by atoms with van der Waals surface area (Å²) in [6.07, 6.45) is 1.09. The minimum Gasteiger partial charge on any atom is -0.390 e. The molecular formula is C2H5IN4. The summed E-state index contributed by atoms with van der Waals surface area (Å²) in [6, 6.07) is 0. The van der Waals surface area contributed by atoms with Crippen molar-refractivity contribution in [2.45, 2.75) is 0 Å². The molecule has 0 rings (SSSR count). The Labute approximate surface area is 55.2 Å². The zero-order valence-electron chi connectivity index (χ0n) is 3.50. The molecule has 4 nitrogen and oxygen atoms in total. The van der Waals surface area contributed by atoms with Crippen molar-refractivity contribution in [3.05, 3.63) is 0 Å². The fourth-order valence-corrected chi connectivity index (χ4v) is 0.223. The second-order valence-corrected chi connectivity index (χ2v) is 1.20. The van der Waals surface area contributed by atoms with Gasteiger partial charge in [0.15, 0.2) is 0 Å². The normalized spacial score (nSPS) is 13.0. The summed E-state index contributed by atoms with van der Waals surface area (Å²) in [5.74, 6) is 0.183. The van der Waals surface area contributed by atoms with E-state index in [9.17, 15) is 0 Å². The third-order valence-electron chi connectivity index (χ3n) is 0.293. The molecule has 5 heteroatoms. The van der Waals surface area contributed by atoms with Gasteiger partial charge in [-0.1, -0.05) is 0 Å². The Balaban J connectivity index is 3.58. The highest BCUT2D eigenvalue weighted by Gasteiger charge is 1.74. The molecule has 0 aromatic carbocycles. The number of halogens is 1. The third-order valence-corrected chi connectivity index (χ3v) is 0.788. The number of hydrogen-bond donors (Lipinski definition) is 2. The Morgan fingerprint density at radius 2 is 2.29 bits per heavy atom. The lowest BCUT2D eigenvalue weighted by atomic mass is 11.0. The van der Waals surface area contributed by atoms with E-state index in [0.717, 1.165) is 6.34 Å². The van der Waals surface area contributed by atoms with Crippen LogP contribution in [0, 0.1) is 0 Å². The summed E-state index contributed by atoms with van der Waals surface area (Å²) < 4.78 is 3.46. The fourth-order valence-electron chi connectivity index (χ4n) is 0.0982. The minimum atomic E-state index is 0.183. The monoisotopic (exact) mass is 212 g/mol. The number of nitrogens with zero attached hydrogens (tertiary/aromatic N) is 2. The molecule has 4 N–H and O–H groups in total. The van der Waals surface area contributed by atoms with E-state index in [1.165, 1.54) is 0 Å². The molecule has 0 unspecified atom stereocenters. The van der Waals surface area contributed by atoms with E-state index in [-0.39, 0.29) is 5.96 Å². The van der Waals surface area contributed by atoms with Gasteiger partial charge in [0.05, 0.1) is 29.2 Å². The molecule has 0 aliphatic heterocycles.